The summed E-state index contributed by atoms with van der Waals surface area (Å²) in [6, 6.07) is 8.65. The summed E-state index contributed by atoms with van der Waals surface area (Å²) < 4.78 is 41.5. The van der Waals surface area contributed by atoms with Crippen LogP contribution in [0, 0.1) is 0 Å². The summed E-state index contributed by atoms with van der Waals surface area (Å²) in [6.45, 7) is 2.76. The van der Waals surface area contributed by atoms with E-state index in [9.17, 15) is 18.0 Å². The van der Waals surface area contributed by atoms with Gasteiger partial charge in [-0.25, -0.2) is 0 Å². The van der Waals surface area contributed by atoms with Gasteiger partial charge in [-0.3, -0.25) is 14.3 Å². The van der Waals surface area contributed by atoms with Crippen molar-refractivity contribution in [3.8, 4) is 17.1 Å². The first-order chi connectivity index (χ1) is 15.3. The van der Waals surface area contributed by atoms with Crippen LogP contribution in [0.4, 0.5) is 13.2 Å². The van der Waals surface area contributed by atoms with Crippen molar-refractivity contribution in [3.05, 3.63) is 54.4 Å². The number of amides is 1. The van der Waals surface area contributed by atoms with E-state index in [0.29, 0.717) is 16.5 Å². The third kappa shape index (κ3) is 4.79. The number of halogens is 3. The Balaban J connectivity index is 1.68. The van der Waals surface area contributed by atoms with Crippen molar-refractivity contribution in [1.29, 1.82) is 0 Å². The van der Waals surface area contributed by atoms with Crippen molar-refractivity contribution in [1.82, 2.24) is 24.6 Å². The number of rotatable bonds is 5. The first-order valence-electron chi connectivity index (χ1n) is 10.3. The van der Waals surface area contributed by atoms with E-state index in [1.54, 1.807) is 35.2 Å². The molecule has 0 spiro atoms. The van der Waals surface area contributed by atoms with Crippen molar-refractivity contribution in [2.75, 3.05) is 12.3 Å². The molecule has 0 N–H and O–H groups in total. The van der Waals surface area contributed by atoms with Gasteiger partial charge in [0.15, 0.2) is 11.0 Å². The minimum Gasteiger partial charge on any atom is -0.339 e. The summed E-state index contributed by atoms with van der Waals surface area (Å²) >= 11 is 1.17. The van der Waals surface area contributed by atoms with Gasteiger partial charge in [0.25, 0.3) is 0 Å². The van der Waals surface area contributed by atoms with E-state index in [4.69, 9.17) is 0 Å². The van der Waals surface area contributed by atoms with Gasteiger partial charge in [-0.05, 0) is 56.5 Å². The van der Waals surface area contributed by atoms with Crippen LogP contribution in [-0.2, 0) is 11.0 Å². The largest absolute Gasteiger partial charge is 0.416 e. The molecule has 168 valence electrons. The zero-order valence-corrected chi connectivity index (χ0v) is 18.2. The average Bonchev–Trinajstić information content (AvgIpc) is 3.22. The standard InChI is InChI=1S/C22H22F3N5OS/c1-15-6-2-3-11-29(15)19(31)14-32-21-28-27-20(16-7-5-10-26-13-16)30(21)18-9-4-8-17(12-18)22(23,24)25/h4-5,7-10,12-13,15H,2-3,6,11,14H2,1H3/t15-/m0/s1. The molecule has 0 saturated carbocycles. The van der Waals surface area contributed by atoms with Crippen molar-refractivity contribution in [3.63, 3.8) is 0 Å². The van der Waals surface area contributed by atoms with Crippen LogP contribution in [0.1, 0.15) is 31.7 Å². The lowest BCUT2D eigenvalue weighted by atomic mass is 10.0. The molecule has 2 aromatic heterocycles. The summed E-state index contributed by atoms with van der Waals surface area (Å²) in [5.41, 5.74) is 0.111. The summed E-state index contributed by atoms with van der Waals surface area (Å²) in [5, 5.41) is 8.75. The van der Waals surface area contributed by atoms with Crippen LogP contribution < -0.4 is 0 Å². The number of carbonyl (C=O) groups is 1. The molecule has 0 unspecified atom stereocenters. The summed E-state index contributed by atoms with van der Waals surface area (Å²) in [4.78, 5) is 18.7. The second-order valence-corrected chi connectivity index (χ2v) is 8.59. The predicted molar refractivity (Wildman–Crippen MR) is 115 cm³/mol. The molecule has 3 heterocycles. The lowest BCUT2D eigenvalue weighted by molar-refractivity contribution is -0.137. The van der Waals surface area contributed by atoms with E-state index in [1.807, 2.05) is 11.8 Å². The average molecular weight is 462 g/mol. The fourth-order valence-electron chi connectivity index (χ4n) is 3.78. The van der Waals surface area contributed by atoms with E-state index in [2.05, 4.69) is 15.2 Å². The Morgan fingerprint density at radius 1 is 1.19 bits per heavy atom. The molecule has 1 fully saturated rings. The quantitative estimate of drug-likeness (QED) is 0.509. The van der Waals surface area contributed by atoms with Crippen molar-refractivity contribution in [2.24, 2.45) is 0 Å². The van der Waals surface area contributed by atoms with E-state index < -0.39 is 11.7 Å². The number of hydrogen-bond acceptors (Lipinski definition) is 5. The monoisotopic (exact) mass is 461 g/mol. The fourth-order valence-corrected chi connectivity index (χ4v) is 4.62. The smallest absolute Gasteiger partial charge is 0.339 e. The van der Waals surface area contributed by atoms with E-state index in [0.717, 1.165) is 37.9 Å². The molecule has 1 aliphatic rings. The Labute approximate surface area is 187 Å². The molecule has 0 radical (unpaired) electrons. The molecular formula is C22H22F3N5OS. The number of thioether (sulfide) groups is 1. The molecule has 1 saturated heterocycles. The molecule has 6 nitrogen and oxygen atoms in total. The van der Waals surface area contributed by atoms with Gasteiger partial charge in [0.2, 0.25) is 5.91 Å². The maximum Gasteiger partial charge on any atom is 0.416 e. The number of aromatic nitrogens is 4. The summed E-state index contributed by atoms with van der Waals surface area (Å²) in [5.74, 6) is 0.483. The van der Waals surface area contributed by atoms with Crippen LogP contribution in [0.3, 0.4) is 0 Å². The van der Waals surface area contributed by atoms with Crippen LogP contribution in [0.5, 0.6) is 0 Å². The van der Waals surface area contributed by atoms with Crippen LogP contribution in [0.25, 0.3) is 17.1 Å². The van der Waals surface area contributed by atoms with Crippen LogP contribution >= 0.6 is 11.8 Å². The second kappa shape index (κ2) is 9.32. The van der Waals surface area contributed by atoms with Gasteiger partial charge in [-0.2, -0.15) is 13.2 Å². The zero-order chi connectivity index (χ0) is 22.7. The highest BCUT2D eigenvalue weighted by Crippen LogP contribution is 2.33. The van der Waals surface area contributed by atoms with Gasteiger partial charge in [-0.15, -0.1) is 10.2 Å². The Kier molecular flexibility index (Phi) is 6.50. The normalized spacial score (nSPS) is 16.9. The van der Waals surface area contributed by atoms with Crippen LogP contribution in [0.15, 0.2) is 53.9 Å². The van der Waals surface area contributed by atoms with Gasteiger partial charge in [0.1, 0.15) is 0 Å². The minimum atomic E-state index is -4.48. The molecule has 32 heavy (non-hydrogen) atoms. The Hall–Kier alpha value is -2.88. The maximum atomic E-state index is 13.3. The lowest BCUT2D eigenvalue weighted by Crippen LogP contribution is -2.42. The molecular weight excluding hydrogens is 439 g/mol. The molecule has 10 heteroatoms. The van der Waals surface area contributed by atoms with Crippen molar-refractivity contribution >= 4 is 17.7 Å². The number of piperidine rings is 1. The Morgan fingerprint density at radius 3 is 2.75 bits per heavy atom. The van der Waals surface area contributed by atoms with E-state index in [1.165, 1.54) is 17.8 Å². The maximum absolute atomic E-state index is 13.3. The molecule has 1 aliphatic heterocycles. The number of pyridine rings is 1. The van der Waals surface area contributed by atoms with Gasteiger partial charge < -0.3 is 4.90 Å². The van der Waals surface area contributed by atoms with Gasteiger partial charge in [-0.1, -0.05) is 17.8 Å². The highest BCUT2D eigenvalue weighted by molar-refractivity contribution is 7.99. The number of likely N-dealkylation sites (tertiary alicyclic amines) is 1. The predicted octanol–water partition coefficient (Wildman–Crippen LogP) is 4.84. The molecule has 0 aliphatic carbocycles. The third-order valence-electron chi connectivity index (χ3n) is 5.43. The second-order valence-electron chi connectivity index (χ2n) is 7.65. The van der Waals surface area contributed by atoms with Crippen LogP contribution in [0.2, 0.25) is 0 Å². The first-order valence-corrected chi connectivity index (χ1v) is 11.3. The zero-order valence-electron chi connectivity index (χ0n) is 17.4. The number of nitrogens with zero attached hydrogens (tertiary/aromatic N) is 5. The van der Waals surface area contributed by atoms with Crippen LogP contribution in [-0.4, -0.2) is 48.9 Å². The van der Waals surface area contributed by atoms with Gasteiger partial charge in [0, 0.05) is 30.5 Å². The Morgan fingerprint density at radius 2 is 2.03 bits per heavy atom. The SMILES string of the molecule is C[C@H]1CCCCN1C(=O)CSc1nnc(-c2cccnc2)n1-c1cccc(C(F)(F)F)c1. The number of carbonyl (C=O) groups excluding carboxylic acids is 1. The number of alkyl halides is 3. The topological polar surface area (TPSA) is 63.9 Å². The molecule has 3 aromatic rings. The van der Waals surface area contributed by atoms with Gasteiger partial charge in [0.05, 0.1) is 17.0 Å². The highest BCUT2D eigenvalue weighted by Gasteiger charge is 2.31. The molecule has 1 amide bonds. The number of benzene rings is 1. The molecule has 0 bridgehead atoms. The van der Waals surface area contributed by atoms with E-state index >= 15 is 0 Å². The summed E-state index contributed by atoms with van der Waals surface area (Å²) in [7, 11) is 0. The number of hydrogen-bond donors (Lipinski definition) is 0. The fraction of sp³-hybridized carbons (Fsp3) is 0.364. The van der Waals surface area contributed by atoms with E-state index in [-0.39, 0.29) is 23.4 Å². The van der Waals surface area contributed by atoms with Crippen molar-refractivity contribution in [2.45, 2.75) is 43.6 Å². The molecule has 1 atom stereocenters. The lowest BCUT2D eigenvalue weighted by Gasteiger charge is -2.33. The third-order valence-corrected chi connectivity index (χ3v) is 6.35. The summed E-state index contributed by atoms with van der Waals surface area (Å²) in [6.07, 6.45) is 1.75. The molecule has 4 rings (SSSR count). The highest BCUT2D eigenvalue weighted by atomic mass is 32.2. The van der Waals surface area contributed by atoms with Gasteiger partial charge >= 0.3 is 6.18 Å². The minimum absolute atomic E-state index is 0.0104. The van der Waals surface area contributed by atoms with Crippen molar-refractivity contribution < 1.29 is 18.0 Å². The molecule has 1 aromatic carbocycles. The Bertz CT molecular complexity index is 1090. The first kappa shape index (κ1) is 22.3.